The third-order valence-corrected chi connectivity index (χ3v) is 3.31. The summed E-state index contributed by atoms with van der Waals surface area (Å²) in [4.78, 5) is 0. The first-order valence-electron chi connectivity index (χ1n) is 7.64. The van der Waals surface area contributed by atoms with Gasteiger partial charge in [-0.05, 0) is 28.4 Å². The standard InChI is InChI=1S/C13H18/c1-9-10(2)13(3,4)12-8-6-5-7-11(9)12/h5-10H,1-4H3/t9-,10-/m0/s1/i3D3,4D3. The van der Waals surface area contributed by atoms with Gasteiger partial charge in [0.1, 0.15) is 0 Å². The molecule has 0 heteroatoms. The Bertz CT molecular complexity index is 471. The first-order chi connectivity index (χ1) is 8.55. The summed E-state index contributed by atoms with van der Waals surface area (Å²) >= 11 is 0. The van der Waals surface area contributed by atoms with Crippen molar-refractivity contribution in [2.45, 2.75) is 38.9 Å². The average Bonchev–Trinajstić information content (AvgIpc) is 2.48. The summed E-state index contributed by atoms with van der Waals surface area (Å²) in [5.41, 5.74) is -0.451. The summed E-state index contributed by atoms with van der Waals surface area (Å²) in [6.07, 6.45) is 0. The van der Waals surface area contributed by atoms with Crippen LogP contribution in [0.5, 0.6) is 0 Å². The van der Waals surface area contributed by atoms with E-state index in [0.29, 0.717) is 5.56 Å². The van der Waals surface area contributed by atoms with Crippen molar-refractivity contribution in [1.29, 1.82) is 0 Å². The van der Waals surface area contributed by atoms with Gasteiger partial charge in [0.2, 0.25) is 0 Å². The van der Waals surface area contributed by atoms with Crippen molar-refractivity contribution in [3.8, 4) is 0 Å². The molecule has 0 N–H and O–H groups in total. The minimum absolute atomic E-state index is 0.0722. The molecule has 0 amide bonds. The summed E-state index contributed by atoms with van der Waals surface area (Å²) in [7, 11) is 0. The lowest BCUT2D eigenvalue weighted by atomic mass is 9.78. The van der Waals surface area contributed by atoms with Crippen LogP contribution in [-0.4, -0.2) is 0 Å². The molecule has 2 rings (SSSR count). The molecule has 0 radical (unpaired) electrons. The number of fused-ring (bicyclic) bond motifs is 1. The van der Waals surface area contributed by atoms with E-state index in [1.165, 1.54) is 0 Å². The van der Waals surface area contributed by atoms with Gasteiger partial charge in [-0.25, -0.2) is 0 Å². The van der Waals surface area contributed by atoms with Crippen LogP contribution in [0.25, 0.3) is 0 Å². The Balaban J connectivity index is 2.83. The smallest absolute Gasteiger partial charge is 0.0239 e. The lowest BCUT2D eigenvalue weighted by molar-refractivity contribution is 0.342. The first-order valence-corrected chi connectivity index (χ1v) is 4.64. The molecule has 1 aromatic carbocycles. The Morgan fingerprint density at radius 2 is 1.92 bits per heavy atom. The zero-order chi connectivity index (χ0) is 14.6. The summed E-state index contributed by atoms with van der Waals surface area (Å²) in [5, 5.41) is 0. The van der Waals surface area contributed by atoms with Crippen molar-refractivity contribution in [2.24, 2.45) is 5.92 Å². The number of benzene rings is 1. The van der Waals surface area contributed by atoms with E-state index in [9.17, 15) is 0 Å². The monoisotopic (exact) mass is 180 g/mol. The number of rotatable bonds is 0. The predicted octanol–water partition coefficient (Wildman–Crippen LogP) is 3.72. The van der Waals surface area contributed by atoms with Gasteiger partial charge in [0.25, 0.3) is 0 Å². The summed E-state index contributed by atoms with van der Waals surface area (Å²) in [5.74, 6) is -0.526. The molecular formula is C13H18. The van der Waals surface area contributed by atoms with Gasteiger partial charge in [-0.15, -0.1) is 0 Å². The number of hydrogen-bond donors (Lipinski definition) is 0. The maximum absolute atomic E-state index is 7.86. The van der Waals surface area contributed by atoms with Crippen molar-refractivity contribution in [1.82, 2.24) is 0 Å². The van der Waals surface area contributed by atoms with Crippen LogP contribution >= 0.6 is 0 Å². The van der Waals surface area contributed by atoms with E-state index in [4.69, 9.17) is 8.22 Å². The molecule has 0 fully saturated rings. The molecule has 70 valence electrons. The van der Waals surface area contributed by atoms with Crippen LogP contribution in [-0.2, 0) is 5.41 Å². The van der Waals surface area contributed by atoms with E-state index < -0.39 is 25.0 Å². The van der Waals surface area contributed by atoms with Crippen LogP contribution in [0.3, 0.4) is 0 Å². The second kappa shape index (κ2) is 2.60. The van der Waals surface area contributed by atoms with Crippen molar-refractivity contribution in [2.75, 3.05) is 0 Å². The largest absolute Gasteiger partial charge is 0.0620 e. The lowest BCUT2D eigenvalue weighted by Gasteiger charge is -2.26. The third-order valence-electron chi connectivity index (χ3n) is 3.31. The minimum atomic E-state index is -2.56. The van der Waals surface area contributed by atoms with Crippen LogP contribution in [0.2, 0.25) is 0 Å². The highest BCUT2D eigenvalue weighted by molar-refractivity contribution is 5.42. The maximum Gasteiger partial charge on any atom is 0.0239 e. The zero-order valence-electron chi connectivity index (χ0n) is 14.0. The fourth-order valence-corrected chi connectivity index (χ4v) is 2.14. The normalized spacial score (nSPS) is 38.9. The van der Waals surface area contributed by atoms with Crippen molar-refractivity contribution >= 4 is 0 Å². The Morgan fingerprint density at radius 1 is 1.23 bits per heavy atom. The molecule has 2 atom stereocenters. The lowest BCUT2D eigenvalue weighted by Crippen LogP contribution is -2.22. The van der Waals surface area contributed by atoms with E-state index in [1.54, 1.807) is 19.1 Å². The highest BCUT2D eigenvalue weighted by Crippen LogP contribution is 2.49. The molecule has 1 aliphatic rings. The second-order valence-electron chi connectivity index (χ2n) is 3.97. The van der Waals surface area contributed by atoms with Gasteiger partial charge in [0.15, 0.2) is 0 Å². The Morgan fingerprint density at radius 3 is 2.62 bits per heavy atom. The second-order valence-corrected chi connectivity index (χ2v) is 3.97. The first kappa shape index (κ1) is 4.16. The van der Waals surface area contributed by atoms with Crippen molar-refractivity contribution < 1.29 is 8.22 Å². The van der Waals surface area contributed by atoms with Crippen molar-refractivity contribution in [3.63, 3.8) is 0 Å². The molecular weight excluding hydrogens is 156 g/mol. The minimum Gasteiger partial charge on any atom is -0.0620 e. The van der Waals surface area contributed by atoms with Gasteiger partial charge in [-0.2, -0.15) is 0 Å². The van der Waals surface area contributed by atoms with E-state index in [0.717, 1.165) is 5.56 Å². The molecule has 0 aromatic heterocycles. The summed E-state index contributed by atoms with van der Waals surface area (Å²) < 4.78 is 47.1. The van der Waals surface area contributed by atoms with Gasteiger partial charge in [-0.1, -0.05) is 51.8 Å². The molecule has 0 nitrogen and oxygen atoms in total. The Hall–Kier alpha value is -0.780. The van der Waals surface area contributed by atoms with Gasteiger partial charge in [0.05, 0.1) is 0 Å². The molecule has 0 unspecified atom stereocenters. The highest BCUT2D eigenvalue weighted by Gasteiger charge is 2.40. The SMILES string of the molecule is [2H]C([2H])([2H])C1(C([2H])([2H])[2H])c2ccccc2[C@@H](C)[C@@H]1C. The topological polar surface area (TPSA) is 0 Å². The fourth-order valence-electron chi connectivity index (χ4n) is 2.14. The molecule has 1 aliphatic carbocycles. The van der Waals surface area contributed by atoms with Crippen LogP contribution in [0, 0.1) is 5.92 Å². The Kier molecular flexibility index (Phi) is 0.834. The van der Waals surface area contributed by atoms with E-state index in [2.05, 4.69) is 0 Å². The summed E-state index contributed by atoms with van der Waals surface area (Å²) in [6, 6.07) is 7.05. The van der Waals surface area contributed by atoms with Crippen LogP contribution < -0.4 is 0 Å². The van der Waals surface area contributed by atoms with Crippen LogP contribution in [0.4, 0.5) is 0 Å². The van der Waals surface area contributed by atoms with Crippen molar-refractivity contribution in [3.05, 3.63) is 35.4 Å². The maximum atomic E-state index is 7.86. The van der Waals surface area contributed by atoms with E-state index in [1.807, 2.05) is 19.1 Å². The van der Waals surface area contributed by atoms with Gasteiger partial charge >= 0.3 is 0 Å². The fraction of sp³-hybridized carbons (Fsp3) is 0.538. The highest BCUT2D eigenvalue weighted by atomic mass is 14.4. The molecule has 0 aliphatic heterocycles. The molecule has 0 spiro atoms. The van der Waals surface area contributed by atoms with E-state index >= 15 is 0 Å². The quantitative estimate of drug-likeness (QED) is 0.571. The van der Waals surface area contributed by atoms with Gasteiger partial charge in [-0.3, -0.25) is 0 Å². The molecule has 0 saturated carbocycles. The molecule has 0 bridgehead atoms. The zero-order valence-corrected chi connectivity index (χ0v) is 7.96. The van der Waals surface area contributed by atoms with Gasteiger partial charge in [0, 0.05) is 8.22 Å². The van der Waals surface area contributed by atoms with Crippen LogP contribution in [0.1, 0.15) is 52.8 Å². The molecule has 0 heterocycles. The molecule has 13 heavy (non-hydrogen) atoms. The van der Waals surface area contributed by atoms with Crippen LogP contribution in [0.15, 0.2) is 24.3 Å². The van der Waals surface area contributed by atoms with Gasteiger partial charge < -0.3 is 0 Å². The summed E-state index contributed by atoms with van der Waals surface area (Å²) in [6.45, 7) is -1.47. The van der Waals surface area contributed by atoms with E-state index in [-0.39, 0.29) is 5.92 Å². The molecule has 1 aromatic rings. The average molecular weight is 180 g/mol. The Labute approximate surface area is 89.4 Å². The third kappa shape index (κ3) is 1.04. The number of hydrogen-bond acceptors (Lipinski definition) is 0. The molecule has 0 saturated heterocycles. The predicted molar refractivity (Wildman–Crippen MR) is 57.0 cm³/mol.